The summed E-state index contributed by atoms with van der Waals surface area (Å²) in [6.45, 7) is 3.54. The van der Waals surface area contributed by atoms with E-state index in [4.69, 9.17) is 0 Å². The number of aliphatic hydroxyl groups excluding tert-OH is 1. The van der Waals surface area contributed by atoms with Gasteiger partial charge in [-0.1, -0.05) is 12.2 Å². The number of hydrogen-bond donors (Lipinski definition) is 1. The fourth-order valence-corrected chi connectivity index (χ4v) is 1.28. The van der Waals surface area contributed by atoms with Crippen LogP contribution in [0.1, 0.15) is 25.7 Å². The molecule has 0 unspecified atom stereocenters. The van der Waals surface area contributed by atoms with Gasteiger partial charge in [-0.25, -0.2) is 0 Å². The van der Waals surface area contributed by atoms with Crippen molar-refractivity contribution in [2.24, 2.45) is 0 Å². The summed E-state index contributed by atoms with van der Waals surface area (Å²) in [5.41, 5.74) is 1.15. The monoisotopic (exact) mass is 138 g/mol. The van der Waals surface area contributed by atoms with Crippen LogP contribution in [0.5, 0.6) is 0 Å². The van der Waals surface area contributed by atoms with Crippen LogP contribution in [0.3, 0.4) is 0 Å². The van der Waals surface area contributed by atoms with E-state index < -0.39 is 0 Å². The first-order valence-corrected chi connectivity index (χ1v) is 3.84. The Kier molecular flexibility index (Phi) is 2.69. The topological polar surface area (TPSA) is 20.2 Å². The Hall–Kier alpha value is -0.560. The number of allylic oxidation sites excluding steroid dienone is 1. The lowest BCUT2D eigenvalue weighted by Gasteiger charge is -2.14. The molecule has 1 heteroatoms. The van der Waals surface area contributed by atoms with Gasteiger partial charge >= 0.3 is 0 Å². The van der Waals surface area contributed by atoms with Crippen molar-refractivity contribution in [2.75, 3.05) is 0 Å². The van der Waals surface area contributed by atoms with Crippen molar-refractivity contribution in [1.29, 1.82) is 0 Å². The molecule has 1 N–H and O–H groups in total. The maximum Gasteiger partial charge on any atom is 0.0929 e. The predicted octanol–water partition coefficient (Wildman–Crippen LogP) is 2.03. The molecule has 1 aliphatic carbocycles. The normalized spacial score (nSPS) is 21.5. The fourth-order valence-electron chi connectivity index (χ4n) is 1.28. The molecule has 0 aromatic carbocycles. The number of hydrogen-bond acceptors (Lipinski definition) is 1. The molecule has 0 bridgehead atoms. The molecule has 0 amide bonds. The lowest BCUT2D eigenvalue weighted by molar-refractivity contribution is 0.252. The van der Waals surface area contributed by atoms with E-state index in [2.05, 4.69) is 12.7 Å². The van der Waals surface area contributed by atoms with Gasteiger partial charge in [0.25, 0.3) is 0 Å². The molecule has 10 heavy (non-hydrogen) atoms. The molecule has 0 heterocycles. The van der Waals surface area contributed by atoms with E-state index in [0.717, 1.165) is 18.4 Å². The quantitative estimate of drug-likeness (QED) is 0.579. The summed E-state index contributed by atoms with van der Waals surface area (Å²) < 4.78 is 0. The van der Waals surface area contributed by atoms with Crippen molar-refractivity contribution >= 4 is 0 Å². The van der Waals surface area contributed by atoms with Gasteiger partial charge in [0.05, 0.1) is 6.10 Å². The van der Waals surface area contributed by atoms with Crippen LogP contribution >= 0.6 is 0 Å². The van der Waals surface area contributed by atoms with Gasteiger partial charge in [0.15, 0.2) is 0 Å². The Morgan fingerprint density at radius 3 is 2.90 bits per heavy atom. The van der Waals surface area contributed by atoms with E-state index >= 15 is 0 Å². The molecular weight excluding hydrogens is 124 g/mol. The van der Waals surface area contributed by atoms with E-state index in [0.29, 0.717) is 0 Å². The summed E-state index contributed by atoms with van der Waals surface area (Å²) in [6.07, 6.45) is 8.00. The van der Waals surface area contributed by atoms with Gasteiger partial charge < -0.3 is 5.11 Å². The van der Waals surface area contributed by atoms with Crippen LogP contribution in [0, 0.1) is 0 Å². The Labute approximate surface area is 62.1 Å². The van der Waals surface area contributed by atoms with E-state index in [1.807, 2.05) is 0 Å². The first-order valence-electron chi connectivity index (χ1n) is 3.84. The van der Waals surface area contributed by atoms with Crippen LogP contribution in [-0.4, -0.2) is 11.2 Å². The van der Waals surface area contributed by atoms with Crippen molar-refractivity contribution in [3.63, 3.8) is 0 Å². The molecule has 0 aromatic heterocycles. The zero-order valence-corrected chi connectivity index (χ0v) is 6.21. The average molecular weight is 138 g/mol. The first-order chi connectivity index (χ1) is 4.84. The Balaban J connectivity index is 2.52. The molecule has 0 spiro atoms. The maximum absolute atomic E-state index is 9.30. The second kappa shape index (κ2) is 3.57. The lowest BCUT2D eigenvalue weighted by atomic mass is 9.96. The van der Waals surface area contributed by atoms with Gasteiger partial charge in [0.1, 0.15) is 0 Å². The molecule has 1 nitrogen and oxygen atoms in total. The minimum absolute atomic E-state index is 0.389. The van der Waals surface area contributed by atoms with Gasteiger partial charge in [0.2, 0.25) is 0 Å². The molecule has 0 radical (unpaired) electrons. The highest BCUT2D eigenvalue weighted by atomic mass is 16.3. The molecule has 0 fully saturated rings. The van der Waals surface area contributed by atoms with Gasteiger partial charge in [-0.15, -0.1) is 6.58 Å². The molecule has 1 rings (SSSR count). The van der Waals surface area contributed by atoms with Crippen LogP contribution in [0.4, 0.5) is 0 Å². The zero-order chi connectivity index (χ0) is 7.40. The summed E-state index contributed by atoms with van der Waals surface area (Å²) in [5.74, 6) is 0. The summed E-state index contributed by atoms with van der Waals surface area (Å²) >= 11 is 0. The highest BCUT2D eigenvalue weighted by Crippen LogP contribution is 2.20. The third-order valence-corrected chi connectivity index (χ3v) is 1.93. The first kappa shape index (κ1) is 7.55. The van der Waals surface area contributed by atoms with E-state index in [9.17, 15) is 5.11 Å². The largest absolute Gasteiger partial charge is 0.385 e. The predicted molar refractivity (Wildman–Crippen MR) is 42.8 cm³/mol. The second-order valence-electron chi connectivity index (χ2n) is 2.71. The molecule has 0 aromatic rings. The third kappa shape index (κ3) is 1.71. The van der Waals surface area contributed by atoms with Crippen molar-refractivity contribution < 1.29 is 5.11 Å². The summed E-state index contributed by atoms with van der Waals surface area (Å²) in [5, 5.41) is 9.30. The van der Waals surface area contributed by atoms with Gasteiger partial charge in [-0.3, -0.25) is 0 Å². The third-order valence-electron chi connectivity index (χ3n) is 1.93. The van der Waals surface area contributed by atoms with Crippen LogP contribution in [0.2, 0.25) is 0 Å². The van der Waals surface area contributed by atoms with Gasteiger partial charge in [-0.05, 0) is 31.3 Å². The van der Waals surface area contributed by atoms with Gasteiger partial charge in [-0.2, -0.15) is 0 Å². The molecule has 0 saturated heterocycles. The molecular formula is C9H14O. The molecule has 56 valence electrons. The summed E-state index contributed by atoms with van der Waals surface area (Å²) in [6, 6.07) is 0. The maximum atomic E-state index is 9.30. The van der Waals surface area contributed by atoms with Crippen molar-refractivity contribution in [2.45, 2.75) is 31.8 Å². The van der Waals surface area contributed by atoms with Crippen LogP contribution in [0.15, 0.2) is 24.3 Å². The Morgan fingerprint density at radius 2 is 2.40 bits per heavy atom. The van der Waals surface area contributed by atoms with Crippen molar-refractivity contribution in [1.82, 2.24) is 0 Å². The second-order valence-corrected chi connectivity index (χ2v) is 2.71. The minimum atomic E-state index is -0.389. The smallest absolute Gasteiger partial charge is 0.0929 e. The van der Waals surface area contributed by atoms with Crippen LogP contribution in [-0.2, 0) is 0 Å². The highest BCUT2D eigenvalue weighted by molar-refractivity contribution is 5.15. The van der Waals surface area contributed by atoms with Crippen molar-refractivity contribution in [3.05, 3.63) is 24.3 Å². The average Bonchev–Trinajstić information content (AvgIpc) is 2.05. The summed E-state index contributed by atoms with van der Waals surface area (Å²) in [7, 11) is 0. The Morgan fingerprint density at radius 1 is 1.60 bits per heavy atom. The summed E-state index contributed by atoms with van der Waals surface area (Å²) in [4.78, 5) is 0. The minimum Gasteiger partial charge on any atom is -0.385 e. The van der Waals surface area contributed by atoms with Gasteiger partial charge in [0, 0.05) is 0 Å². The SMILES string of the molecule is C=C[C@H](O)C1=CCCCC1. The Bertz CT molecular complexity index is 147. The van der Waals surface area contributed by atoms with E-state index in [-0.39, 0.29) is 6.10 Å². The van der Waals surface area contributed by atoms with Crippen LogP contribution in [0.25, 0.3) is 0 Å². The molecule has 0 aliphatic heterocycles. The molecule has 1 atom stereocenters. The molecule has 1 aliphatic rings. The highest BCUT2D eigenvalue weighted by Gasteiger charge is 2.08. The zero-order valence-electron chi connectivity index (χ0n) is 6.21. The molecule has 0 saturated carbocycles. The van der Waals surface area contributed by atoms with Crippen LogP contribution < -0.4 is 0 Å². The van der Waals surface area contributed by atoms with Crippen molar-refractivity contribution in [3.8, 4) is 0 Å². The number of aliphatic hydroxyl groups is 1. The standard InChI is InChI=1S/C9H14O/c1-2-9(10)8-6-4-3-5-7-8/h2,6,9-10H,1,3-5,7H2/t9-/m0/s1. The fraction of sp³-hybridized carbons (Fsp3) is 0.556. The number of rotatable bonds is 2. The lowest BCUT2D eigenvalue weighted by Crippen LogP contribution is -2.08. The van der Waals surface area contributed by atoms with E-state index in [1.165, 1.54) is 12.8 Å². The van der Waals surface area contributed by atoms with E-state index in [1.54, 1.807) is 6.08 Å².